The average Bonchev–Trinajstić information content (AvgIpc) is 3.09. The van der Waals surface area contributed by atoms with Gasteiger partial charge in [0.2, 0.25) is 5.88 Å². The lowest BCUT2D eigenvalue weighted by Gasteiger charge is -2.36. The summed E-state index contributed by atoms with van der Waals surface area (Å²) in [6, 6.07) is 6.44. The third-order valence-electron chi connectivity index (χ3n) is 5.79. The third-order valence-corrected chi connectivity index (χ3v) is 5.79. The largest absolute Gasteiger partial charge is 0.474 e. The number of aromatic nitrogens is 4. The maximum absolute atomic E-state index is 6.10. The first-order chi connectivity index (χ1) is 13.7. The Morgan fingerprint density at radius 2 is 1.93 bits per heavy atom. The third kappa shape index (κ3) is 3.54. The SMILES string of the molecule is Cn1cnc(CN2CCN(c3ccc4ncnc(OC5CCC5)c4c3)CC2)c1. The van der Waals surface area contributed by atoms with Gasteiger partial charge in [0.1, 0.15) is 12.4 Å². The van der Waals surface area contributed by atoms with Crippen molar-refractivity contribution in [2.45, 2.75) is 31.9 Å². The highest BCUT2D eigenvalue weighted by Gasteiger charge is 2.22. The summed E-state index contributed by atoms with van der Waals surface area (Å²) in [6.07, 6.45) is 9.39. The summed E-state index contributed by atoms with van der Waals surface area (Å²) in [5.41, 5.74) is 3.30. The number of rotatable bonds is 5. The zero-order chi connectivity index (χ0) is 18.9. The van der Waals surface area contributed by atoms with Gasteiger partial charge in [0.25, 0.3) is 0 Å². The van der Waals surface area contributed by atoms with E-state index >= 15 is 0 Å². The van der Waals surface area contributed by atoms with E-state index in [1.54, 1.807) is 6.33 Å². The number of piperazine rings is 1. The van der Waals surface area contributed by atoms with Crippen LogP contribution < -0.4 is 9.64 Å². The number of hydrogen-bond acceptors (Lipinski definition) is 6. The second-order valence-electron chi connectivity index (χ2n) is 7.84. The molecule has 0 amide bonds. The number of anilines is 1. The van der Waals surface area contributed by atoms with Crippen molar-refractivity contribution in [3.8, 4) is 5.88 Å². The Morgan fingerprint density at radius 3 is 2.64 bits per heavy atom. The topological polar surface area (TPSA) is 59.3 Å². The van der Waals surface area contributed by atoms with Gasteiger partial charge in [-0.1, -0.05) is 0 Å². The van der Waals surface area contributed by atoms with Crippen LogP contribution in [-0.2, 0) is 13.6 Å². The van der Waals surface area contributed by atoms with Gasteiger partial charge >= 0.3 is 0 Å². The number of ether oxygens (including phenoxy) is 1. The Hall–Kier alpha value is -2.67. The van der Waals surface area contributed by atoms with Gasteiger partial charge in [-0.2, -0.15) is 0 Å². The molecule has 1 saturated carbocycles. The van der Waals surface area contributed by atoms with Crippen LogP contribution >= 0.6 is 0 Å². The molecule has 146 valence electrons. The maximum atomic E-state index is 6.10. The van der Waals surface area contributed by atoms with Crippen LogP contribution in [0.1, 0.15) is 25.0 Å². The zero-order valence-corrected chi connectivity index (χ0v) is 16.3. The van der Waals surface area contributed by atoms with E-state index in [0.29, 0.717) is 6.10 Å². The van der Waals surface area contributed by atoms with Gasteiger partial charge in [0.15, 0.2) is 0 Å². The summed E-state index contributed by atoms with van der Waals surface area (Å²) in [4.78, 5) is 18.2. The smallest absolute Gasteiger partial charge is 0.224 e. The molecule has 7 nitrogen and oxygen atoms in total. The fourth-order valence-corrected chi connectivity index (χ4v) is 3.90. The molecule has 7 heteroatoms. The van der Waals surface area contributed by atoms with Crippen LogP contribution in [0, 0.1) is 0 Å². The molecule has 2 fully saturated rings. The molecule has 0 atom stereocenters. The number of aryl methyl sites for hydroxylation is 1. The normalized spacial score (nSPS) is 18.4. The lowest BCUT2D eigenvalue weighted by Crippen LogP contribution is -2.46. The minimum atomic E-state index is 0.317. The van der Waals surface area contributed by atoms with E-state index in [-0.39, 0.29) is 0 Å². The van der Waals surface area contributed by atoms with Gasteiger partial charge in [-0.25, -0.2) is 15.0 Å². The van der Waals surface area contributed by atoms with Gasteiger partial charge < -0.3 is 14.2 Å². The number of imidazole rings is 1. The Morgan fingerprint density at radius 1 is 1.07 bits per heavy atom. The van der Waals surface area contributed by atoms with E-state index in [1.165, 1.54) is 12.1 Å². The molecule has 3 heterocycles. The fraction of sp³-hybridized carbons (Fsp3) is 0.476. The van der Waals surface area contributed by atoms with Crippen molar-refractivity contribution in [3.63, 3.8) is 0 Å². The van der Waals surface area contributed by atoms with Gasteiger partial charge in [-0.15, -0.1) is 0 Å². The van der Waals surface area contributed by atoms with Crippen LogP contribution in [0.4, 0.5) is 5.69 Å². The molecular weight excluding hydrogens is 352 g/mol. The van der Waals surface area contributed by atoms with Crippen molar-refractivity contribution < 1.29 is 4.74 Å². The first kappa shape index (κ1) is 17.4. The van der Waals surface area contributed by atoms with Crippen LogP contribution in [0.5, 0.6) is 5.88 Å². The van der Waals surface area contributed by atoms with Crippen molar-refractivity contribution in [1.82, 2.24) is 24.4 Å². The van der Waals surface area contributed by atoms with Crippen LogP contribution in [0.2, 0.25) is 0 Å². The van der Waals surface area contributed by atoms with Crippen molar-refractivity contribution in [1.29, 1.82) is 0 Å². The summed E-state index contributed by atoms with van der Waals surface area (Å²) in [5.74, 6) is 0.727. The average molecular weight is 378 g/mol. The highest BCUT2D eigenvalue weighted by Crippen LogP contribution is 2.31. The molecule has 0 spiro atoms. The lowest BCUT2D eigenvalue weighted by molar-refractivity contribution is 0.116. The van der Waals surface area contributed by atoms with E-state index in [4.69, 9.17) is 4.74 Å². The Kier molecular flexibility index (Phi) is 4.60. The molecule has 3 aromatic rings. The van der Waals surface area contributed by atoms with Crippen molar-refractivity contribution in [2.75, 3.05) is 31.1 Å². The highest BCUT2D eigenvalue weighted by molar-refractivity contribution is 5.86. The summed E-state index contributed by atoms with van der Waals surface area (Å²) in [7, 11) is 2.01. The minimum Gasteiger partial charge on any atom is -0.474 e. The molecule has 1 saturated heterocycles. The molecule has 5 rings (SSSR count). The van der Waals surface area contributed by atoms with Crippen molar-refractivity contribution in [3.05, 3.63) is 42.7 Å². The van der Waals surface area contributed by atoms with E-state index in [9.17, 15) is 0 Å². The van der Waals surface area contributed by atoms with E-state index in [0.717, 1.165) is 68.0 Å². The van der Waals surface area contributed by atoms with Gasteiger partial charge in [-0.3, -0.25) is 4.90 Å². The van der Waals surface area contributed by atoms with Gasteiger partial charge in [-0.05, 0) is 37.5 Å². The quantitative estimate of drug-likeness (QED) is 0.680. The Balaban J connectivity index is 1.29. The summed E-state index contributed by atoms with van der Waals surface area (Å²) >= 11 is 0. The van der Waals surface area contributed by atoms with Crippen LogP contribution in [0.3, 0.4) is 0 Å². The molecule has 0 N–H and O–H groups in total. The van der Waals surface area contributed by atoms with Crippen LogP contribution in [0.25, 0.3) is 10.9 Å². The van der Waals surface area contributed by atoms with E-state index in [1.807, 2.05) is 17.9 Å². The predicted molar refractivity (Wildman–Crippen MR) is 109 cm³/mol. The molecule has 1 aliphatic carbocycles. The molecule has 1 aromatic carbocycles. The van der Waals surface area contributed by atoms with E-state index in [2.05, 4.69) is 49.1 Å². The number of nitrogens with zero attached hydrogens (tertiary/aromatic N) is 6. The Labute approximate surface area is 165 Å². The Bertz CT molecular complexity index is 958. The molecule has 0 radical (unpaired) electrons. The van der Waals surface area contributed by atoms with Gasteiger partial charge in [0, 0.05) is 51.7 Å². The highest BCUT2D eigenvalue weighted by atomic mass is 16.5. The number of benzene rings is 1. The van der Waals surface area contributed by atoms with Crippen LogP contribution in [0.15, 0.2) is 37.1 Å². The van der Waals surface area contributed by atoms with Crippen molar-refractivity contribution in [2.24, 2.45) is 7.05 Å². The molecule has 0 bridgehead atoms. The van der Waals surface area contributed by atoms with Gasteiger partial charge in [0.05, 0.1) is 22.9 Å². The standard InChI is InChI=1S/C21H26N6O/c1-25-12-16(24-15-25)13-26-7-9-27(10-8-26)17-5-6-20-19(11-17)21(23-14-22-20)28-18-3-2-4-18/h5-6,11-12,14-15,18H,2-4,7-10,13H2,1H3. The molecule has 0 unspecified atom stereocenters. The first-order valence-corrected chi connectivity index (χ1v) is 10.1. The second kappa shape index (κ2) is 7.39. The summed E-state index contributed by atoms with van der Waals surface area (Å²) in [5, 5.41) is 1.02. The molecule has 1 aliphatic heterocycles. The fourth-order valence-electron chi connectivity index (χ4n) is 3.90. The lowest BCUT2D eigenvalue weighted by atomic mass is 9.96. The monoisotopic (exact) mass is 378 g/mol. The zero-order valence-electron chi connectivity index (χ0n) is 16.3. The number of fused-ring (bicyclic) bond motifs is 1. The van der Waals surface area contributed by atoms with Crippen LogP contribution in [-0.4, -0.2) is 56.7 Å². The molecule has 2 aromatic heterocycles. The van der Waals surface area contributed by atoms with Crippen molar-refractivity contribution >= 4 is 16.6 Å². The summed E-state index contributed by atoms with van der Waals surface area (Å²) in [6.45, 7) is 4.99. The first-order valence-electron chi connectivity index (χ1n) is 10.1. The summed E-state index contributed by atoms with van der Waals surface area (Å²) < 4.78 is 8.11. The van der Waals surface area contributed by atoms with E-state index < -0.39 is 0 Å². The molecule has 28 heavy (non-hydrogen) atoms. The molecule has 2 aliphatic rings. The predicted octanol–water partition coefficient (Wildman–Crippen LogP) is 2.62. The minimum absolute atomic E-state index is 0.317. The maximum Gasteiger partial charge on any atom is 0.224 e. The molecular formula is C21H26N6O. The second-order valence-corrected chi connectivity index (χ2v) is 7.84. The number of hydrogen-bond donors (Lipinski definition) is 0.